The maximum Gasteiger partial charge on any atom is 0.311 e. The monoisotopic (exact) mass is 329 g/mol. The summed E-state index contributed by atoms with van der Waals surface area (Å²) in [5.74, 6) is 1.34. The van der Waals surface area contributed by atoms with Gasteiger partial charge in [0.1, 0.15) is 0 Å². The number of alkyl halides is 1. The average molecular weight is 330 g/mol. The number of nitro benzene ring substituents is 1. The zero-order valence-corrected chi connectivity index (χ0v) is 13.1. The first-order valence-corrected chi connectivity index (χ1v) is 7.52. The number of nitro groups is 1. The molecule has 1 unspecified atom stereocenters. The van der Waals surface area contributed by atoms with Crippen molar-refractivity contribution in [3.8, 4) is 5.75 Å². The van der Waals surface area contributed by atoms with Crippen molar-refractivity contribution in [2.45, 2.75) is 32.5 Å². The Morgan fingerprint density at radius 1 is 1.37 bits per heavy atom. The van der Waals surface area contributed by atoms with Gasteiger partial charge in [-0.15, -0.1) is 0 Å². The fraction of sp³-hybridized carbons (Fsp3) is 0.571. The van der Waals surface area contributed by atoms with Crippen molar-refractivity contribution in [1.29, 1.82) is 0 Å². The number of halogens is 1. The molecular formula is C14H20BrNO3. The van der Waals surface area contributed by atoms with Gasteiger partial charge in [-0.3, -0.25) is 10.1 Å². The predicted molar refractivity (Wildman–Crippen MR) is 79.8 cm³/mol. The number of ether oxygens (including phenoxy) is 1. The Bertz CT molecular complexity index is 435. The molecule has 0 radical (unpaired) electrons. The van der Waals surface area contributed by atoms with E-state index in [4.69, 9.17) is 4.74 Å². The highest BCUT2D eigenvalue weighted by molar-refractivity contribution is 9.08. The molecule has 106 valence electrons. The van der Waals surface area contributed by atoms with Gasteiger partial charge in [0.25, 0.3) is 0 Å². The van der Waals surface area contributed by atoms with Crippen molar-refractivity contribution in [3.63, 3.8) is 0 Å². The lowest BCUT2D eigenvalue weighted by atomic mass is 10.00. The van der Waals surface area contributed by atoms with Gasteiger partial charge in [0.15, 0.2) is 5.75 Å². The Morgan fingerprint density at radius 2 is 2.05 bits per heavy atom. The van der Waals surface area contributed by atoms with E-state index in [0.717, 1.165) is 12.0 Å². The fourth-order valence-electron chi connectivity index (χ4n) is 2.02. The van der Waals surface area contributed by atoms with Crippen LogP contribution in [0.2, 0.25) is 0 Å². The molecule has 4 nitrogen and oxygen atoms in total. The van der Waals surface area contributed by atoms with Gasteiger partial charge in [-0.25, -0.2) is 0 Å². The molecule has 1 rings (SSSR count). The molecule has 0 aromatic heterocycles. The predicted octanol–water partition coefficient (Wildman–Crippen LogP) is 4.55. The molecule has 0 heterocycles. The normalized spacial score (nSPS) is 12.5. The Balaban J connectivity index is 2.75. The molecule has 1 atom stereocenters. The molecule has 0 amide bonds. The zero-order chi connectivity index (χ0) is 14.4. The van der Waals surface area contributed by atoms with Gasteiger partial charge in [0.2, 0.25) is 0 Å². The van der Waals surface area contributed by atoms with E-state index in [9.17, 15) is 10.1 Å². The molecule has 0 saturated heterocycles. The third-order valence-electron chi connectivity index (χ3n) is 2.77. The summed E-state index contributed by atoms with van der Waals surface area (Å²) in [6, 6.07) is 5.07. The summed E-state index contributed by atoms with van der Waals surface area (Å²) in [7, 11) is 0. The van der Waals surface area contributed by atoms with Crippen molar-refractivity contribution in [3.05, 3.63) is 33.9 Å². The van der Waals surface area contributed by atoms with E-state index < -0.39 is 4.92 Å². The highest BCUT2D eigenvalue weighted by Crippen LogP contribution is 2.29. The minimum atomic E-state index is -0.394. The van der Waals surface area contributed by atoms with Gasteiger partial charge in [0, 0.05) is 11.4 Å². The van der Waals surface area contributed by atoms with Gasteiger partial charge in [-0.05, 0) is 29.9 Å². The number of hydrogen-bond acceptors (Lipinski definition) is 3. The third kappa shape index (κ3) is 5.19. The average Bonchev–Trinajstić information content (AvgIpc) is 2.35. The molecule has 1 aromatic rings. The first-order chi connectivity index (χ1) is 8.93. The first-order valence-electron chi connectivity index (χ1n) is 6.40. The molecule has 1 aromatic carbocycles. The lowest BCUT2D eigenvalue weighted by molar-refractivity contribution is -0.386. The van der Waals surface area contributed by atoms with Crippen LogP contribution in [0.1, 0.15) is 32.8 Å². The van der Waals surface area contributed by atoms with Crippen molar-refractivity contribution in [1.82, 2.24) is 0 Å². The van der Waals surface area contributed by atoms with Crippen LogP contribution in [0.4, 0.5) is 5.69 Å². The Labute approximate surface area is 122 Å². The van der Waals surface area contributed by atoms with Crippen LogP contribution in [-0.2, 0) is 5.33 Å². The minimum Gasteiger partial charge on any atom is -0.487 e. The quantitative estimate of drug-likeness (QED) is 0.419. The number of rotatable bonds is 7. The SMILES string of the molecule is CC(C)CC(C)COc1ccc(CBr)cc1[N+](=O)[O-]. The second-order valence-corrected chi connectivity index (χ2v) is 5.80. The smallest absolute Gasteiger partial charge is 0.311 e. The summed E-state index contributed by atoms with van der Waals surface area (Å²) >= 11 is 3.29. The van der Waals surface area contributed by atoms with Crippen LogP contribution in [0, 0.1) is 22.0 Å². The number of nitrogens with zero attached hydrogens (tertiary/aromatic N) is 1. The van der Waals surface area contributed by atoms with E-state index in [1.165, 1.54) is 0 Å². The van der Waals surface area contributed by atoms with E-state index in [-0.39, 0.29) is 5.69 Å². The molecule has 0 saturated carbocycles. The van der Waals surface area contributed by atoms with Gasteiger partial charge in [-0.2, -0.15) is 0 Å². The third-order valence-corrected chi connectivity index (χ3v) is 3.42. The van der Waals surface area contributed by atoms with Crippen molar-refractivity contribution < 1.29 is 9.66 Å². The summed E-state index contributed by atoms with van der Waals surface area (Å²) in [6.07, 6.45) is 1.05. The lowest BCUT2D eigenvalue weighted by Gasteiger charge is -2.15. The van der Waals surface area contributed by atoms with Crippen LogP contribution < -0.4 is 4.74 Å². The van der Waals surface area contributed by atoms with Crippen molar-refractivity contribution >= 4 is 21.6 Å². The Hall–Kier alpha value is -1.10. The standard InChI is InChI=1S/C14H20BrNO3/c1-10(2)6-11(3)9-19-14-5-4-12(8-15)7-13(14)16(17)18/h4-5,7,10-11H,6,8-9H2,1-3H3. The molecule has 0 bridgehead atoms. The summed E-state index contributed by atoms with van der Waals surface area (Å²) in [5.41, 5.74) is 0.906. The van der Waals surface area contributed by atoms with Gasteiger partial charge >= 0.3 is 5.69 Å². The van der Waals surface area contributed by atoms with Crippen LogP contribution in [0.25, 0.3) is 0 Å². The summed E-state index contributed by atoms with van der Waals surface area (Å²) in [6.45, 7) is 6.92. The van der Waals surface area contributed by atoms with Crippen molar-refractivity contribution in [2.75, 3.05) is 6.61 Å². The van der Waals surface area contributed by atoms with Crippen LogP contribution in [-0.4, -0.2) is 11.5 Å². The second kappa shape index (κ2) is 7.48. The van der Waals surface area contributed by atoms with E-state index in [1.807, 2.05) is 6.07 Å². The fourth-order valence-corrected chi connectivity index (χ4v) is 2.36. The Kier molecular flexibility index (Phi) is 6.28. The molecule has 5 heteroatoms. The molecule has 0 aliphatic heterocycles. The van der Waals surface area contributed by atoms with Crippen LogP contribution in [0.5, 0.6) is 5.75 Å². The summed E-state index contributed by atoms with van der Waals surface area (Å²) < 4.78 is 5.60. The largest absolute Gasteiger partial charge is 0.487 e. The molecular weight excluding hydrogens is 310 g/mol. The number of benzene rings is 1. The van der Waals surface area contributed by atoms with Crippen LogP contribution >= 0.6 is 15.9 Å². The van der Waals surface area contributed by atoms with E-state index in [2.05, 4.69) is 36.7 Å². The van der Waals surface area contributed by atoms with Gasteiger partial charge in [-0.1, -0.05) is 42.8 Å². The van der Waals surface area contributed by atoms with Gasteiger partial charge in [0.05, 0.1) is 11.5 Å². The maximum atomic E-state index is 11.0. The molecule has 19 heavy (non-hydrogen) atoms. The minimum absolute atomic E-state index is 0.0358. The van der Waals surface area contributed by atoms with Crippen LogP contribution in [0.3, 0.4) is 0 Å². The molecule has 0 aliphatic carbocycles. The van der Waals surface area contributed by atoms with E-state index in [1.54, 1.807) is 12.1 Å². The topological polar surface area (TPSA) is 52.4 Å². The molecule has 0 N–H and O–H groups in total. The zero-order valence-electron chi connectivity index (χ0n) is 11.6. The highest BCUT2D eigenvalue weighted by atomic mass is 79.9. The first kappa shape index (κ1) is 16.0. The second-order valence-electron chi connectivity index (χ2n) is 5.24. The number of hydrogen-bond donors (Lipinski definition) is 0. The van der Waals surface area contributed by atoms with E-state index in [0.29, 0.717) is 29.5 Å². The van der Waals surface area contributed by atoms with Crippen molar-refractivity contribution in [2.24, 2.45) is 11.8 Å². The van der Waals surface area contributed by atoms with Crippen LogP contribution in [0.15, 0.2) is 18.2 Å². The lowest BCUT2D eigenvalue weighted by Crippen LogP contribution is -2.11. The Morgan fingerprint density at radius 3 is 2.58 bits per heavy atom. The molecule has 0 aliphatic rings. The summed E-state index contributed by atoms with van der Waals surface area (Å²) in [5, 5.41) is 11.6. The van der Waals surface area contributed by atoms with Gasteiger partial charge < -0.3 is 4.74 Å². The summed E-state index contributed by atoms with van der Waals surface area (Å²) in [4.78, 5) is 10.6. The molecule has 0 fully saturated rings. The van der Waals surface area contributed by atoms with E-state index >= 15 is 0 Å². The highest BCUT2D eigenvalue weighted by Gasteiger charge is 2.17. The molecule has 0 spiro atoms. The maximum absolute atomic E-state index is 11.0.